The quantitative estimate of drug-likeness (QED) is 0.607. The average molecular weight is 218 g/mol. The average Bonchev–Trinajstić information content (AvgIpc) is 2.29. The molecule has 0 unspecified atom stereocenters. The first-order valence-corrected chi connectivity index (χ1v) is 4.95. The van der Waals surface area contributed by atoms with E-state index in [0.717, 1.165) is 24.3 Å². The molecule has 1 saturated heterocycles. The minimum absolute atomic E-state index is 0.176. The van der Waals surface area contributed by atoms with Gasteiger partial charge in [0.25, 0.3) is 0 Å². The van der Waals surface area contributed by atoms with Crippen LogP contribution in [0.25, 0.3) is 0 Å². The summed E-state index contributed by atoms with van der Waals surface area (Å²) in [5, 5.41) is 0. The van der Waals surface area contributed by atoms with Gasteiger partial charge in [-0.25, -0.2) is 0 Å². The molecule has 1 heterocycles. The van der Waals surface area contributed by atoms with Crippen molar-refractivity contribution in [2.45, 2.75) is 33.2 Å². The number of nitrogens with zero attached hydrogens (tertiary/aromatic N) is 2. The summed E-state index contributed by atoms with van der Waals surface area (Å²) in [4.78, 5) is 4.53. The molecule has 0 spiro atoms. The van der Waals surface area contributed by atoms with Crippen molar-refractivity contribution in [1.82, 2.24) is 9.80 Å². The fourth-order valence-electron chi connectivity index (χ4n) is 1.42. The maximum atomic E-state index is 5.52. The first kappa shape index (κ1) is 10.4. The Morgan fingerprint density at radius 1 is 1.33 bits per heavy atom. The van der Waals surface area contributed by atoms with E-state index in [9.17, 15) is 0 Å². The Bertz CT molecular complexity index is 183. The van der Waals surface area contributed by atoms with Gasteiger partial charge in [-0.3, -0.25) is 0 Å². The number of rotatable bonds is 1. The van der Waals surface area contributed by atoms with Gasteiger partial charge in [-0.2, -0.15) is 0 Å². The molecule has 75 valence electrons. The normalized spacial score (nSPS) is 22.3. The zero-order chi connectivity index (χ0) is 9.35. The molecule has 3 heteroatoms. The first-order chi connectivity index (χ1) is 5.46. The molecule has 0 N–H and O–H groups in total. The summed E-state index contributed by atoms with van der Waals surface area (Å²) in [5.41, 5.74) is 0.176. The Morgan fingerprint density at radius 2 is 1.92 bits per heavy atom. The second-order valence-electron chi connectivity index (χ2n) is 4.14. The Balaban J connectivity index is 2.67. The van der Waals surface area contributed by atoms with Crippen LogP contribution < -0.4 is 0 Å². The van der Waals surface area contributed by atoms with E-state index in [-0.39, 0.29) is 5.54 Å². The number of likely N-dealkylation sites (N-methyl/N-ethyl adjacent to an activating group) is 1. The van der Waals surface area contributed by atoms with Gasteiger partial charge in [0.2, 0.25) is 0 Å². The first-order valence-electron chi connectivity index (χ1n) is 4.48. The topological polar surface area (TPSA) is 6.48 Å². The molecule has 0 aromatic rings. The summed E-state index contributed by atoms with van der Waals surface area (Å²) in [5.74, 6) is 0. The van der Waals surface area contributed by atoms with Gasteiger partial charge in [0, 0.05) is 0 Å². The summed E-state index contributed by atoms with van der Waals surface area (Å²) in [6.07, 6.45) is 0. The third-order valence-electron chi connectivity index (χ3n) is 2.22. The van der Waals surface area contributed by atoms with Crippen LogP contribution in [0.3, 0.4) is 0 Å². The van der Waals surface area contributed by atoms with Gasteiger partial charge in [0.1, 0.15) is 0 Å². The van der Waals surface area contributed by atoms with Crippen LogP contribution in [0.5, 0.6) is 0 Å². The van der Waals surface area contributed by atoms with Crippen molar-refractivity contribution in [1.29, 1.82) is 0 Å². The zero-order valence-electron chi connectivity index (χ0n) is 8.32. The molecular formula is C9H18CuN2. The van der Waals surface area contributed by atoms with Crippen LogP contribution in [0.4, 0.5) is 0 Å². The Morgan fingerprint density at radius 3 is 2.17 bits per heavy atom. The Hall–Kier alpha value is 0.309. The van der Waals surface area contributed by atoms with Gasteiger partial charge < -0.3 is 0 Å². The van der Waals surface area contributed by atoms with Crippen LogP contribution in [0.15, 0.2) is 0 Å². The third-order valence-corrected chi connectivity index (χ3v) is 2.78. The molecule has 1 aliphatic heterocycles. The zero-order valence-corrected chi connectivity index (χ0v) is 9.26. The molecule has 0 bridgehead atoms. The predicted octanol–water partition coefficient (Wildman–Crippen LogP) is 1.06. The molecule has 0 amide bonds. The van der Waals surface area contributed by atoms with E-state index in [0.29, 0.717) is 0 Å². The van der Waals surface area contributed by atoms with Gasteiger partial charge in [-0.1, -0.05) is 0 Å². The van der Waals surface area contributed by atoms with Gasteiger partial charge in [0.15, 0.2) is 0 Å². The summed E-state index contributed by atoms with van der Waals surface area (Å²) in [6, 6.07) is 0. The summed E-state index contributed by atoms with van der Waals surface area (Å²) >= 11 is 5.52. The molecule has 0 radical (unpaired) electrons. The molecule has 1 rings (SSSR count). The van der Waals surface area contributed by atoms with Crippen molar-refractivity contribution in [2.24, 2.45) is 0 Å². The molecule has 0 aliphatic carbocycles. The van der Waals surface area contributed by atoms with Crippen molar-refractivity contribution >= 4 is 4.67 Å². The number of hydrogen-bond donors (Lipinski definition) is 0. The fraction of sp³-hybridized carbons (Fsp3) is 0.889. The van der Waals surface area contributed by atoms with Gasteiger partial charge in [-0.05, 0) is 0 Å². The summed E-state index contributed by atoms with van der Waals surface area (Å²) in [6.45, 7) is 11.9. The SMILES string of the molecule is CCN1CCN(C(C)(C)C)[C]1=[Cu]. The van der Waals surface area contributed by atoms with Gasteiger partial charge in [0.05, 0.1) is 0 Å². The van der Waals surface area contributed by atoms with Gasteiger partial charge >= 0.3 is 82.9 Å². The van der Waals surface area contributed by atoms with Crippen molar-refractivity contribution < 1.29 is 15.6 Å². The van der Waals surface area contributed by atoms with Crippen LogP contribution >= 0.6 is 0 Å². The molecule has 1 fully saturated rings. The third kappa shape index (κ3) is 1.97. The van der Waals surface area contributed by atoms with E-state index < -0.39 is 0 Å². The van der Waals surface area contributed by atoms with E-state index in [1.807, 2.05) is 0 Å². The molecule has 12 heavy (non-hydrogen) atoms. The molecule has 0 saturated carbocycles. The summed E-state index contributed by atoms with van der Waals surface area (Å²) < 4.78 is 0.998. The molecule has 1 aliphatic rings. The molecule has 2 nitrogen and oxygen atoms in total. The standard InChI is InChI=1S/C9H18N2.Cu/c1-5-10-6-7-11(8-10)9(2,3)4;/h5-7H2,1-4H3;. The molecule has 0 aromatic heterocycles. The van der Waals surface area contributed by atoms with Crippen LogP contribution in [0.2, 0.25) is 0 Å². The van der Waals surface area contributed by atoms with Crippen molar-refractivity contribution in [3.8, 4) is 0 Å². The van der Waals surface area contributed by atoms with E-state index in [1.54, 1.807) is 0 Å². The Kier molecular flexibility index (Phi) is 3.10. The van der Waals surface area contributed by atoms with E-state index >= 15 is 0 Å². The minimum atomic E-state index is 0.176. The maximum absolute atomic E-state index is 5.52. The van der Waals surface area contributed by atoms with E-state index in [2.05, 4.69) is 37.5 Å². The Labute approximate surface area is 83.3 Å². The van der Waals surface area contributed by atoms with Crippen LogP contribution in [-0.4, -0.2) is 39.6 Å². The van der Waals surface area contributed by atoms with E-state index in [4.69, 9.17) is 15.6 Å². The van der Waals surface area contributed by atoms with Crippen LogP contribution in [0.1, 0.15) is 27.7 Å². The second-order valence-corrected chi connectivity index (χ2v) is 4.56. The molecule has 0 aromatic carbocycles. The van der Waals surface area contributed by atoms with Crippen molar-refractivity contribution in [3.05, 3.63) is 0 Å². The molecular weight excluding hydrogens is 200 g/mol. The predicted molar refractivity (Wildman–Crippen MR) is 48.7 cm³/mol. The monoisotopic (exact) mass is 217 g/mol. The second kappa shape index (κ2) is 3.59. The van der Waals surface area contributed by atoms with Crippen molar-refractivity contribution in [3.63, 3.8) is 0 Å². The van der Waals surface area contributed by atoms with Crippen LogP contribution in [0, 0.1) is 0 Å². The van der Waals surface area contributed by atoms with Gasteiger partial charge in [-0.15, -0.1) is 0 Å². The van der Waals surface area contributed by atoms with Crippen LogP contribution in [-0.2, 0) is 15.6 Å². The molecule has 0 atom stereocenters. The van der Waals surface area contributed by atoms with Crippen molar-refractivity contribution in [2.75, 3.05) is 19.6 Å². The van der Waals surface area contributed by atoms with E-state index in [1.165, 1.54) is 0 Å². The number of hydrogen-bond acceptors (Lipinski definition) is 2. The fourth-order valence-corrected chi connectivity index (χ4v) is 2.10. The summed E-state index contributed by atoms with van der Waals surface area (Å²) in [7, 11) is 0.